The number of aromatic nitrogens is 2. The van der Waals surface area contributed by atoms with E-state index in [0.29, 0.717) is 10.0 Å². The Labute approximate surface area is 176 Å². The smallest absolute Gasteiger partial charge is 0.227 e. The molecular weight excluding hydrogens is 393 g/mol. The summed E-state index contributed by atoms with van der Waals surface area (Å²) >= 11 is 12.6. The monoisotopic (exact) mass is 419 g/mol. The Hall–Kier alpha value is -1.49. The third-order valence-electron chi connectivity index (χ3n) is 5.47. The maximum absolute atomic E-state index is 6.49. The molecule has 1 aliphatic carbocycles. The molecule has 0 atom stereocenters. The number of hydrogen-bond donors (Lipinski definition) is 0. The number of hydrogen-bond acceptors (Lipinski definition) is 3. The van der Waals surface area contributed by atoms with Crippen LogP contribution in [0.5, 0.6) is 0 Å². The summed E-state index contributed by atoms with van der Waals surface area (Å²) in [5, 5.41) is 6.13. The second kappa shape index (κ2) is 8.10. The highest BCUT2D eigenvalue weighted by molar-refractivity contribution is 6.36. The fourth-order valence-electron chi connectivity index (χ4n) is 3.95. The van der Waals surface area contributed by atoms with Gasteiger partial charge in [0.05, 0.1) is 16.3 Å². The molecule has 2 heterocycles. The van der Waals surface area contributed by atoms with Gasteiger partial charge in [0.25, 0.3) is 0 Å². The Bertz CT molecular complexity index is 987. The standard InChI is InChI=1S/C22H27Cl2N3O/c1-4-10-26(12-15-6-7-15)13-18-20(5-2)25-27-21(14(3)28-22(18)27)17-9-8-16(23)11-19(17)24/h8-9,11,15H,4-7,10,12-13H2,1-3H3. The number of oxazole rings is 1. The molecule has 0 amide bonds. The van der Waals surface area contributed by atoms with E-state index >= 15 is 0 Å². The van der Waals surface area contributed by atoms with Gasteiger partial charge in [-0.3, -0.25) is 4.90 Å². The molecule has 0 saturated heterocycles. The predicted octanol–water partition coefficient (Wildman–Crippen LogP) is 6.39. The normalized spacial score (nSPS) is 14.5. The van der Waals surface area contributed by atoms with Crippen LogP contribution in [0.1, 0.15) is 50.1 Å². The zero-order valence-electron chi connectivity index (χ0n) is 16.8. The molecular formula is C22H27Cl2N3O. The van der Waals surface area contributed by atoms with Gasteiger partial charge in [-0.25, -0.2) is 0 Å². The molecule has 0 aliphatic heterocycles. The SMILES string of the molecule is CCCN(Cc1c(CC)nn2c(-c3ccc(Cl)cc3Cl)c(C)oc12)CC1CC1. The second-order valence-electron chi connectivity index (χ2n) is 7.81. The molecule has 1 saturated carbocycles. The molecule has 6 heteroatoms. The van der Waals surface area contributed by atoms with Crippen LogP contribution in [0.25, 0.3) is 17.0 Å². The van der Waals surface area contributed by atoms with E-state index in [2.05, 4.69) is 18.7 Å². The Morgan fingerprint density at radius 3 is 2.68 bits per heavy atom. The molecule has 4 rings (SSSR count). The van der Waals surface area contributed by atoms with Gasteiger partial charge in [0.1, 0.15) is 11.5 Å². The lowest BCUT2D eigenvalue weighted by Gasteiger charge is -2.21. The van der Waals surface area contributed by atoms with Gasteiger partial charge in [0.2, 0.25) is 5.71 Å². The summed E-state index contributed by atoms with van der Waals surface area (Å²) in [5.74, 6) is 1.68. The molecule has 2 aromatic heterocycles. The summed E-state index contributed by atoms with van der Waals surface area (Å²) in [6.07, 6.45) is 4.76. The minimum absolute atomic E-state index is 0.606. The van der Waals surface area contributed by atoms with Crippen LogP contribution >= 0.6 is 23.2 Å². The molecule has 3 aromatic rings. The molecule has 1 aliphatic rings. The number of fused-ring (bicyclic) bond motifs is 1. The first-order valence-electron chi connectivity index (χ1n) is 10.2. The van der Waals surface area contributed by atoms with Crippen molar-refractivity contribution in [2.24, 2.45) is 5.92 Å². The Morgan fingerprint density at radius 2 is 2.04 bits per heavy atom. The molecule has 0 N–H and O–H groups in total. The third kappa shape index (κ3) is 3.83. The van der Waals surface area contributed by atoms with Gasteiger partial charge in [-0.15, -0.1) is 0 Å². The van der Waals surface area contributed by atoms with Crippen LogP contribution in [0.4, 0.5) is 0 Å². The lowest BCUT2D eigenvalue weighted by atomic mass is 10.1. The van der Waals surface area contributed by atoms with E-state index in [0.717, 1.165) is 60.3 Å². The minimum Gasteiger partial charge on any atom is -0.441 e. The van der Waals surface area contributed by atoms with Crippen molar-refractivity contribution >= 4 is 28.9 Å². The zero-order chi connectivity index (χ0) is 19.8. The van der Waals surface area contributed by atoms with Crippen molar-refractivity contribution in [3.63, 3.8) is 0 Å². The number of rotatable bonds is 8. The summed E-state index contributed by atoms with van der Waals surface area (Å²) in [5.41, 5.74) is 4.94. The minimum atomic E-state index is 0.606. The largest absolute Gasteiger partial charge is 0.441 e. The topological polar surface area (TPSA) is 33.7 Å². The first-order chi connectivity index (χ1) is 13.5. The van der Waals surface area contributed by atoms with Crippen LogP contribution in [0.15, 0.2) is 22.6 Å². The van der Waals surface area contributed by atoms with E-state index in [1.807, 2.05) is 23.6 Å². The van der Waals surface area contributed by atoms with E-state index in [1.54, 1.807) is 6.07 Å². The Morgan fingerprint density at radius 1 is 1.25 bits per heavy atom. The summed E-state index contributed by atoms with van der Waals surface area (Å²) in [6, 6.07) is 5.55. The highest BCUT2D eigenvalue weighted by atomic mass is 35.5. The fourth-order valence-corrected chi connectivity index (χ4v) is 4.44. The predicted molar refractivity (Wildman–Crippen MR) is 115 cm³/mol. The van der Waals surface area contributed by atoms with Crippen LogP contribution in [0, 0.1) is 12.8 Å². The average Bonchev–Trinajstić information content (AvgIpc) is 3.33. The molecule has 1 aromatic carbocycles. The van der Waals surface area contributed by atoms with Crippen molar-refractivity contribution in [1.29, 1.82) is 0 Å². The number of halogens is 2. The Kier molecular flexibility index (Phi) is 5.73. The molecule has 0 spiro atoms. The van der Waals surface area contributed by atoms with Crippen LogP contribution < -0.4 is 0 Å². The van der Waals surface area contributed by atoms with E-state index in [-0.39, 0.29) is 0 Å². The number of benzene rings is 1. The van der Waals surface area contributed by atoms with Crippen molar-refractivity contribution in [3.8, 4) is 11.3 Å². The lowest BCUT2D eigenvalue weighted by Crippen LogP contribution is -2.26. The quantitative estimate of drug-likeness (QED) is 0.423. The van der Waals surface area contributed by atoms with Crippen LogP contribution in [0.3, 0.4) is 0 Å². The third-order valence-corrected chi connectivity index (χ3v) is 6.02. The van der Waals surface area contributed by atoms with Crippen LogP contribution in [-0.4, -0.2) is 27.6 Å². The molecule has 28 heavy (non-hydrogen) atoms. The summed E-state index contributed by atoms with van der Waals surface area (Å²) in [6.45, 7) is 9.52. The molecule has 150 valence electrons. The Balaban J connectivity index is 1.77. The second-order valence-corrected chi connectivity index (χ2v) is 8.65. The summed E-state index contributed by atoms with van der Waals surface area (Å²) < 4.78 is 8.16. The van der Waals surface area contributed by atoms with Crippen molar-refractivity contribution < 1.29 is 4.42 Å². The first kappa shape index (κ1) is 19.8. The van der Waals surface area contributed by atoms with E-state index < -0.39 is 0 Å². The summed E-state index contributed by atoms with van der Waals surface area (Å²) in [4.78, 5) is 2.56. The van der Waals surface area contributed by atoms with Crippen LogP contribution in [0.2, 0.25) is 10.0 Å². The van der Waals surface area contributed by atoms with Gasteiger partial charge in [-0.1, -0.05) is 37.0 Å². The average molecular weight is 420 g/mol. The van der Waals surface area contributed by atoms with Crippen molar-refractivity contribution in [3.05, 3.63) is 45.3 Å². The van der Waals surface area contributed by atoms with Gasteiger partial charge >= 0.3 is 0 Å². The van der Waals surface area contributed by atoms with E-state index in [4.69, 9.17) is 32.7 Å². The molecule has 0 radical (unpaired) electrons. The van der Waals surface area contributed by atoms with Crippen molar-refractivity contribution in [1.82, 2.24) is 14.5 Å². The molecule has 0 unspecified atom stereocenters. The summed E-state index contributed by atoms with van der Waals surface area (Å²) in [7, 11) is 0. The highest BCUT2D eigenvalue weighted by Crippen LogP contribution is 2.36. The van der Waals surface area contributed by atoms with Crippen LogP contribution in [-0.2, 0) is 13.0 Å². The van der Waals surface area contributed by atoms with Crippen molar-refractivity contribution in [2.75, 3.05) is 13.1 Å². The van der Waals surface area contributed by atoms with Gasteiger partial charge in [-0.05, 0) is 63.3 Å². The van der Waals surface area contributed by atoms with E-state index in [1.165, 1.54) is 24.9 Å². The van der Waals surface area contributed by atoms with E-state index in [9.17, 15) is 0 Å². The van der Waals surface area contributed by atoms with Gasteiger partial charge in [0.15, 0.2) is 0 Å². The van der Waals surface area contributed by atoms with Gasteiger partial charge in [-0.2, -0.15) is 9.61 Å². The lowest BCUT2D eigenvalue weighted by molar-refractivity contribution is 0.254. The zero-order valence-corrected chi connectivity index (χ0v) is 18.3. The van der Waals surface area contributed by atoms with Crippen molar-refractivity contribution in [2.45, 2.75) is 53.0 Å². The maximum Gasteiger partial charge on any atom is 0.227 e. The fraction of sp³-hybridized carbons (Fsp3) is 0.500. The molecule has 4 nitrogen and oxygen atoms in total. The van der Waals surface area contributed by atoms with Gasteiger partial charge in [0, 0.05) is 23.7 Å². The molecule has 1 fully saturated rings. The van der Waals surface area contributed by atoms with Gasteiger partial charge < -0.3 is 4.42 Å². The first-order valence-corrected chi connectivity index (χ1v) is 10.9. The number of aryl methyl sites for hydroxylation is 2. The molecule has 0 bridgehead atoms. The maximum atomic E-state index is 6.49. The highest BCUT2D eigenvalue weighted by Gasteiger charge is 2.27. The number of nitrogens with zero attached hydrogens (tertiary/aromatic N) is 3.